The van der Waals surface area contributed by atoms with Crippen molar-refractivity contribution in [2.45, 2.75) is 13.3 Å². The predicted octanol–water partition coefficient (Wildman–Crippen LogP) is 1.96. The third-order valence-corrected chi connectivity index (χ3v) is 2.23. The van der Waals surface area contributed by atoms with Gasteiger partial charge in [-0.1, -0.05) is 0 Å². The first kappa shape index (κ1) is 9.57. The molecule has 0 saturated carbocycles. The Morgan fingerprint density at radius 3 is 2.92 bits per heavy atom. The molecule has 0 unspecified atom stereocenters. The number of rotatable bonds is 2. The molecule has 0 bridgehead atoms. The number of Topliss-reactive ketones (excluding diaryl/α,β-unsaturated/α-hetero) is 1. The zero-order valence-corrected chi connectivity index (χ0v) is 8.63. The van der Waals surface area contributed by atoms with Crippen molar-refractivity contribution in [1.82, 2.24) is 4.98 Å². The van der Waals surface area contributed by atoms with E-state index in [4.69, 9.17) is 0 Å². The molecule has 0 aliphatic carbocycles. The summed E-state index contributed by atoms with van der Waals surface area (Å²) in [6.45, 7) is 1.49. The van der Waals surface area contributed by atoms with Crippen LogP contribution in [0.4, 0.5) is 4.39 Å². The van der Waals surface area contributed by atoms with Gasteiger partial charge in [0.1, 0.15) is 11.6 Å². The molecule has 0 aromatic carbocycles. The summed E-state index contributed by atoms with van der Waals surface area (Å²) < 4.78 is 13.2. The van der Waals surface area contributed by atoms with E-state index >= 15 is 0 Å². The van der Waals surface area contributed by atoms with Gasteiger partial charge < -0.3 is 0 Å². The molecule has 12 heavy (non-hydrogen) atoms. The van der Waals surface area contributed by atoms with E-state index in [2.05, 4.69) is 4.98 Å². The minimum Gasteiger partial charge on any atom is -0.300 e. The van der Waals surface area contributed by atoms with Gasteiger partial charge in [-0.15, -0.1) is 0 Å². The lowest BCUT2D eigenvalue weighted by molar-refractivity contribution is -0.116. The van der Waals surface area contributed by atoms with E-state index < -0.39 is 0 Å². The maximum Gasteiger partial charge on any atom is 0.142 e. The molecule has 1 aromatic rings. The Hall–Kier alpha value is -0.520. The second kappa shape index (κ2) is 3.93. The van der Waals surface area contributed by atoms with Crippen molar-refractivity contribution in [3.05, 3.63) is 27.3 Å². The van der Waals surface area contributed by atoms with Gasteiger partial charge in [-0.3, -0.25) is 9.78 Å². The van der Waals surface area contributed by atoms with Gasteiger partial charge >= 0.3 is 0 Å². The fraction of sp³-hybridized carbons (Fsp3) is 0.250. The smallest absolute Gasteiger partial charge is 0.142 e. The highest BCUT2D eigenvalue weighted by Gasteiger charge is 2.04. The second-order valence-electron chi connectivity index (χ2n) is 2.46. The quantitative estimate of drug-likeness (QED) is 0.774. The maximum atomic E-state index is 12.5. The summed E-state index contributed by atoms with van der Waals surface area (Å²) in [5.41, 5.74) is 0.643. The van der Waals surface area contributed by atoms with Crippen LogP contribution in [-0.4, -0.2) is 10.8 Å². The van der Waals surface area contributed by atoms with Crippen molar-refractivity contribution in [1.29, 1.82) is 0 Å². The van der Waals surface area contributed by atoms with Crippen LogP contribution in [0.25, 0.3) is 0 Å². The van der Waals surface area contributed by atoms with Crippen molar-refractivity contribution >= 4 is 28.4 Å². The zero-order valence-electron chi connectivity index (χ0n) is 6.47. The molecule has 0 atom stereocenters. The van der Waals surface area contributed by atoms with Gasteiger partial charge in [0.15, 0.2) is 0 Å². The van der Waals surface area contributed by atoms with Crippen LogP contribution in [0.2, 0.25) is 0 Å². The van der Waals surface area contributed by atoms with Crippen molar-refractivity contribution in [2.24, 2.45) is 0 Å². The summed E-state index contributed by atoms with van der Waals surface area (Å²) in [5, 5.41) is 0. The third kappa shape index (κ3) is 2.51. The number of nitrogens with zero attached hydrogens (tertiary/aromatic N) is 1. The Kier molecular flexibility index (Phi) is 3.13. The maximum absolute atomic E-state index is 12.5. The molecule has 0 amide bonds. The highest BCUT2D eigenvalue weighted by Crippen LogP contribution is 2.11. The molecule has 0 spiro atoms. The number of carbonyl (C=O) groups excluding carboxylic acids is 1. The van der Waals surface area contributed by atoms with Crippen LogP contribution in [0.3, 0.4) is 0 Å². The van der Waals surface area contributed by atoms with Gasteiger partial charge in [-0.2, -0.15) is 0 Å². The first-order chi connectivity index (χ1) is 5.59. The monoisotopic (exact) mass is 279 g/mol. The molecule has 1 rings (SSSR count). The number of pyridine rings is 1. The molecule has 64 valence electrons. The van der Waals surface area contributed by atoms with E-state index in [1.165, 1.54) is 13.0 Å². The fourth-order valence-corrected chi connectivity index (χ4v) is 1.44. The predicted molar refractivity (Wildman–Crippen MR) is 51.3 cm³/mol. The minimum atomic E-state index is -0.369. The highest BCUT2D eigenvalue weighted by atomic mass is 127. The van der Waals surface area contributed by atoms with Gasteiger partial charge in [0, 0.05) is 9.99 Å². The molecule has 0 saturated heterocycles. The lowest BCUT2D eigenvalue weighted by atomic mass is 10.2. The fourth-order valence-electron chi connectivity index (χ4n) is 0.809. The average molecular weight is 279 g/mol. The van der Waals surface area contributed by atoms with Gasteiger partial charge in [-0.05, 0) is 35.6 Å². The van der Waals surface area contributed by atoms with Gasteiger partial charge in [0.2, 0.25) is 0 Å². The molecule has 1 aromatic heterocycles. The number of hydrogen-bond acceptors (Lipinski definition) is 2. The Labute approximate surface area is 83.3 Å². The Balaban J connectivity index is 2.93. The van der Waals surface area contributed by atoms with Crippen molar-refractivity contribution in [2.75, 3.05) is 0 Å². The number of aromatic nitrogens is 1. The van der Waals surface area contributed by atoms with E-state index in [1.54, 1.807) is 0 Å². The molecule has 0 fully saturated rings. The molecule has 0 radical (unpaired) electrons. The Morgan fingerprint density at radius 1 is 1.75 bits per heavy atom. The molecule has 0 aliphatic heterocycles. The Bertz CT molecular complexity index is 314. The van der Waals surface area contributed by atoms with E-state index in [1.807, 2.05) is 22.6 Å². The first-order valence-electron chi connectivity index (χ1n) is 3.39. The lowest BCUT2D eigenvalue weighted by Gasteiger charge is -1.99. The van der Waals surface area contributed by atoms with Gasteiger partial charge in [-0.25, -0.2) is 4.39 Å². The van der Waals surface area contributed by atoms with E-state index in [0.29, 0.717) is 9.26 Å². The highest BCUT2D eigenvalue weighted by molar-refractivity contribution is 14.1. The normalized spacial score (nSPS) is 9.92. The molecular weight excluding hydrogens is 272 g/mol. The largest absolute Gasteiger partial charge is 0.300 e. The summed E-state index contributed by atoms with van der Waals surface area (Å²) in [5.74, 6) is -0.335. The average Bonchev–Trinajstić information content (AvgIpc) is 1.94. The molecule has 0 aliphatic rings. The van der Waals surface area contributed by atoms with E-state index in [0.717, 1.165) is 6.20 Å². The SMILES string of the molecule is CC(=O)Cc1ncc(F)cc1I. The number of hydrogen-bond donors (Lipinski definition) is 0. The van der Waals surface area contributed by atoms with E-state index in [-0.39, 0.29) is 18.0 Å². The number of carbonyl (C=O) groups is 1. The van der Waals surface area contributed by atoms with Crippen LogP contribution in [0.1, 0.15) is 12.6 Å². The van der Waals surface area contributed by atoms with Crippen LogP contribution >= 0.6 is 22.6 Å². The number of halogens is 2. The molecule has 4 heteroatoms. The Morgan fingerprint density at radius 2 is 2.42 bits per heavy atom. The van der Waals surface area contributed by atoms with Gasteiger partial charge in [0.25, 0.3) is 0 Å². The summed E-state index contributed by atoms with van der Waals surface area (Å²) in [4.78, 5) is 14.5. The van der Waals surface area contributed by atoms with Crippen molar-refractivity contribution < 1.29 is 9.18 Å². The van der Waals surface area contributed by atoms with Crippen LogP contribution < -0.4 is 0 Å². The minimum absolute atomic E-state index is 0.0343. The van der Waals surface area contributed by atoms with Crippen molar-refractivity contribution in [3.63, 3.8) is 0 Å². The second-order valence-corrected chi connectivity index (χ2v) is 3.62. The summed E-state index contributed by atoms with van der Waals surface area (Å²) in [6.07, 6.45) is 1.40. The standard InChI is InChI=1S/C8H7FINO/c1-5(12)2-8-7(10)3-6(9)4-11-8/h3-4H,2H2,1H3. The van der Waals surface area contributed by atoms with Crippen LogP contribution in [0, 0.1) is 9.39 Å². The molecular formula is C8H7FINO. The lowest BCUT2D eigenvalue weighted by Crippen LogP contribution is -2.02. The van der Waals surface area contributed by atoms with Crippen LogP contribution in [-0.2, 0) is 11.2 Å². The molecule has 1 heterocycles. The van der Waals surface area contributed by atoms with Crippen molar-refractivity contribution in [3.8, 4) is 0 Å². The molecule has 2 nitrogen and oxygen atoms in total. The van der Waals surface area contributed by atoms with Crippen LogP contribution in [0.15, 0.2) is 12.3 Å². The third-order valence-electron chi connectivity index (χ3n) is 1.30. The van der Waals surface area contributed by atoms with E-state index in [9.17, 15) is 9.18 Å². The zero-order chi connectivity index (χ0) is 9.14. The number of ketones is 1. The summed E-state index contributed by atoms with van der Waals surface area (Å²) >= 11 is 1.96. The topological polar surface area (TPSA) is 30.0 Å². The van der Waals surface area contributed by atoms with Crippen LogP contribution in [0.5, 0.6) is 0 Å². The molecule has 0 N–H and O–H groups in total. The summed E-state index contributed by atoms with van der Waals surface area (Å²) in [7, 11) is 0. The van der Waals surface area contributed by atoms with Gasteiger partial charge in [0.05, 0.1) is 11.9 Å². The summed E-state index contributed by atoms with van der Waals surface area (Å²) in [6, 6.07) is 1.37. The first-order valence-corrected chi connectivity index (χ1v) is 4.47.